The van der Waals surface area contributed by atoms with Crippen molar-refractivity contribution < 1.29 is 14.7 Å². The summed E-state index contributed by atoms with van der Waals surface area (Å²) in [6.07, 6.45) is 1.25. The fourth-order valence-corrected chi connectivity index (χ4v) is 2.94. The van der Waals surface area contributed by atoms with Crippen LogP contribution >= 0.6 is 11.3 Å². The summed E-state index contributed by atoms with van der Waals surface area (Å²) in [5.74, 6) is 4.89. The molecule has 2 heterocycles. The molecular formula is C14H16N2O3S. The first-order valence-electron chi connectivity index (χ1n) is 6.38. The summed E-state index contributed by atoms with van der Waals surface area (Å²) in [7, 11) is 0. The Bertz CT molecular complexity index is 562. The first kappa shape index (κ1) is 14.6. The number of rotatable bonds is 2. The maximum atomic E-state index is 12.3. The van der Waals surface area contributed by atoms with E-state index >= 15 is 0 Å². The number of likely N-dealkylation sites (tertiary alicyclic amines) is 1. The summed E-state index contributed by atoms with van der Waals surface area (Å²) in [5.41, 5.74) is 5.88. The van der Waals surface area contributed by atoms with Crippen LogP contribution in [0.2, 0.25) is 0 Å². The molecule has 2 rings (SSSR count). The van der Waals surface area contributed by atoms with E-state index in [0.717, 1.165) is 4.88 Å². The number of hydrogen-bond acceptors (Lipinski definition) is 4. The summed E-state index contributed by atoms with van der Waals surface area (Å²) in [4.78, 5) is 25.9. The number of amides is 2. The SMILES string of the molecule is NC(=O)C1CCN(C(=O)c2csc(C#CCO)c2)CC1. The van der Waals surface area contributed by atoms with Crippen molar-refractivity contribution in [1.82, 2.24) is 4.90 Å². The maximum Gasteiger partial charge on any atom is 0.254 e. The third kappa shape index (κ3) is 3.38. The van der Waals surface area contributed by atoms with Crippen molar-refractivity contribution in [3.8, 4) is 11.8 Å². The zero-order valence-corrected chi connectivity index (χ0v) is 11.8. The molecule has 1 aliphatic rings. The molecule has 0 saturated carbocycles. The van der Waals surface area contributed by atoms with Gasteiger partial charge in [0, 0.05) is 24.4 Å². The van der Waals surface area contributed by atoms with Crippen molar-refractivity contribution in [2.45, 2.75) is 12.8 Å². The minimum absolute atomic E-state index is 0.0405. The van der Waals surface area contributed by atoms with E-state index in [9.17, 15) is 9.59 Å². The molecule has 106 valence electrons. The van der Waals surface area contributed by atoms with E-state index in [1.807, 2.05) is 0 Å². The average molecular weight is 292 g/mol. The molecule has 3 N–H and O–H groups in total. The van der Waals surface area contributed by atoms with Gasteiger partial charge in [0.1, 0.15) is 6.61 Å². The fraction of sp³-hybridized carbons (Fsp3) is 0.429. The number of carbonyl (C=O) groups is 2. The third-order valence-corrected chi connectivity index (χ3v) is 4.17. The van der Waals surface area contributed by atoms with E-state index in [1.165, 1.54) is 11.3 Å². The van der Waals surface area contributed by atoms with Crippen LogP contribution in [0.3, 0.4) is 0 Å². The largest absolute Gasteiger partial charge is 0.384 e. The molecule has 0 aromatic carbocycles. The van der Waals surface area contributed by atoms with Crippen LogP contribution < -0.4 is 5.73 Å². The quantitative estimate of drug-likeness (QED) is 0.775. The highest BCUT2D eigenvalue weighted by Gasteiger charge is 2.26. The molecule has 1 aromatic heterocycles. The van der Waals surface area contributed by atoms with Crippen molar-refractivity contribution in [2.24, 2.45) is 11.7 Å². The monoisotopic (exact) mass is 292 g/mol. The smallest absolute Gasteiger partial charge is 0.254 e. The van der Waals surface area contributed by atoms with Gasteiger partial charge in [0.25, 0.3) is 5.91 Å². The molecule has 2 amide bonds. The number of hydrogen-bond donors (Lipinski definition) is 2. The Balaban J connectivity index is 1.98. The zero-order valence-electron chi connectivity index (χ0n) is 11.0. The number of nitrogens with two attached hydrogens (primary N) is 1. The van der Waals surface area contributed by atoms with Crippen molar-refractivity contribution in [3.05, 3.63) is 21.9 Å². The van der Waals surface area contributed by atoms with Gasteiger partial charge in [0.2, 0.25) is 5.91 Å². The highest BCUT2D eigenvalue weighted by Crippen LogP contribution is 2.21. The predicted molar refractivity (Wildman–Crippen MR) is 76.1 cm³/mol. The van der Waals surface area contributed by atoms with E-state index in [1.54, 1.807) is 16.3 Å². The predicted octanol–water partition coefficient (Wildman–Crippen LogP) is 0.429. The van der Waals surface area contributed by atoms with Crippen LogP contribution in [0.1, 0.15) is 28.1 Å². The first-order chi connectivity index (χ1) is 9.61. The second-order valence-electron chi connectivity index (χ2n) is 4.63. The van der Waals surface area contributed by atoms with Crippen LogP contribution in [0.5, 0.6) is 0 Å². The summed E-state index contributed by atoms with van der Waals surface area (Å²) >= 11 is 1.38. The van der Waals surface area contributed by atoms with Crippen molar-refractivity contribution in [2.75, 3.05) is 19.7 Å². The number of thiophene rings is 1. The second kappa shape index (κ2) is 6.55. The van der Waals surface area contributed by atoms with Gasteiger partial charge in [0.05, 0.1) is 10.4 Å². The molecular weight excluding hydrogens is 276 g/mol. The molecule has 0 radical (unpaired) electrons. The molecule has 6 heteroatoms. The van der Waals surface area contributed by atoms with Gasteiger partial charge in [-0.2, -0.15) is 0 Å². The van der Waals surface area contributed by atoms with E-state index in [0.29, 0.717) is 31.5 Å². The third-order valence-electron chi connectivity index (χ3n) is 3.32. The number of nitrogens with zero attached hydrogens (tertiary/aromatic N) is 1. The number of piperidine rings is 1. The van der Waals surface area contributed by atoms with Gasteiger partial charge in [-0.1, -0.05) is 11.8 Å². The first-order valence-corrected chi connectivity index (χ1v) is 7.26. The average Bonchev–Trinajstić information content (AvgIpc) is 2.93. The van der Waals surface area contributed by atoms with Crippen molar-refractivity contribution in [1.29, 1.82) is 0 Å². The van der Waals surface area contributed by atoms with E-state index < -0.39 is 0 Å². The summed E-state index contributed by atoms with van der Waals surface area (Å²) in [5, 5.41) is 10.4. The molecule has 20 heavy (non-hydrogen) atoms. The Labute approximate surface area is 121 Å². The molecule has 0 atom stereocenters. The second-order valence-corrected chi connectivity index (χ2v) is 5.54. The standard InChI is InChI=1S/C14H16N2O3S/c15-13(18)10-3-5-16(6-4-10)14(19)11-8-12(20-9-11)2-1-7-17/h8-10,17H,3-7H2,(H2,15,18). The fourth-order valence-electron chi connectivity index (χ4n) is 2.19. The molecule has 0 bridgehead atoms. The van der Waals surface area contributed by atoms with Crippen molar-refractivity contribution >= 4 is 23.2 Å². The molecule has 1 aromatic rings. The molecule has 0 unspecified atom stereocenters. The molecule has 0 spiro atoms. The van der Waals surface area contributed by atoms with Gasteiger partial charge < -0.3 is 15.7 Å². The Morgan fingerprint density at radius 2 is 2.15 bits per heavy atom. The molecule has 1 fully saturated rings. The van der Waals surface area contributed by atoms with Gasteiger partial charge in [-0.15, -0.1) is 11.3 Å². The highest BCUT2D eigenvalue weighted by atomic mass is 32.1. The van der Waals surface area contributed by atoms with Crippen molar-refractivity contribution in [3.63, 3.8) is 0 Å². The van der Waals surface area contributed by atoms with Crippen LogP contribution in [0.4, 0.5) is 0 Å². The Hall–Kier alpha value is -1.84. The van der Waals surface area contributed by atoms with Crippen LogP contribution in [0, 0.1) is 17.8 Å². The van der Waals surface area contributed by atoms with E-state index in [-0.39, 0.29) is 24.3 Å². The molecule has 1 aliphatic heterocycles. The lowest BCUT2D eigenvalue weighted by atomic mass is 9.96. The highest BCUT2D eigenvalue weighted by molar-refractivity contribution is 7.10. The number of aliphatic hydroxyl groups excluding tert-OH is 1. The Kier molecular flexibility index (Phi) is 4.77. The van der Waals surface area contributed by atoms with Gasteiger partial charge in [0.15, 0.2) is 0 Å². The molecule has 1 saturated heterocycles. The Morgan fingerprint density at radius 1 is 1.45 bits per heavy atom. The van der Waals surface area contributed by atoms with E-state index in [4.69, 9.17) is 10.8 Å². The normalized spacial score (nSPS) is 15.6. The van der Waals surface area contributed by atoms with Crippen LogP contribution in [-0.4, -0.2) is 41.5 Å². The lowest BCUT2D eigenvalue weighted by molar-refractivity contribution is -0.123. The van der Waals surface area contributed by atoms with Crippen LogP contribution in [0.25, 0.3) is 0 Å². The van der Waals surface area contributed by atoms with Crippen LogP contribution in [0.15, 0.2) is 11.4 Å². The van der Waals surface area contributed by atoms with Gasteiger partial charge in [-0.3, -0.25) is 9.59 Å². The van der Waals surface area contributed by atoms with Gasteiger partial charge in [-0.25, -0.2) is 0 Å². The lowest BCUT2D eigenvalue weighted by Gasteiger charge is -2.30. The Morgan fingerprint density at radius 3 is 2.75 bits per heavy atom. The number of primary amides is 1. The maximum absolute atomic E-state index is 12.3. The summed E-state index contributed by atoms with van der Waals surface area (Å²) in [6.45, 7) is 0.918. The lowest BCUT2D eigenvalue weighted by Crippen LogP contribution is -2.41. The number of aliphatic hydroxyl groups is 1. The van der Waals surface area contributed by atoms with E-state index in [2.05, 4.69) is 11.8 Å². The molecule has 0 aliphatic carbocycles. The number of carbonyl (C=O) groups excluding carboxylic acids is 2. The molecule has 5 nitrogen and oxygen atoms in total. The van der Waals surface area contributed by atoms with Gasteiger partial charge in [-0.05, 0) is 18.9 Å². The topological polar surface area (TPSA) is 83.6 Å². The summed E-state index contributed by atoms with van der Waals surface area (Å²) in [6, 6.07) is 1.73. The summed E-state index contributed by atoms with van der Waals surface area (Å²) < 4.78 is 0. The minimum atomic E-state index is -0.283. The minimum Gasteiger partial charge on any atom is -0.384 e. The van der Waals surface area contributed by atoms with Crippen LogP contribution in [-0.2, 0) is 4.79 Å². The zero-order chi connectivity index (χ0) is 14.5. The van der Waals surface area contributed by atoms with Gasteiger partial charge >= 0.3 is 0 Å².